The maximum atomic E-state index is 5.71. The zero-order valence-electron chi connectivity index (χ0n) is 17.0. The van der Waals surface area contributed by atoms with Gasteiger partial charge in [-0.25, -0.2) is 0 Å². The second-order valence-electron chi connectivity index (χ2n) is 6.12. The van der Waals surface area contributed by atoms with Crippen LogP contribution in [0.15, 0.2) is 53.5 Å². The minimum atomic E-state index is 0.597. The van der Waals surface area contributed by atoms with E-state index in [9.17, 15) is 0 Å². The molecular formula is C22H31N3O3. The summed E-state index contributed by atoms with van der Waals surface area (Å²) in [6, 6.07) is 16.1. The molecule has 0 saturated heterocycles. The fraction of sp³-hybridized carbons (Fsp3) is 0.409. The van der Waals surface area contributed by atoms with Gasteiger partial charge in [0, 0.05) is 32.0 Å². The first kappa shape index (κ1) is 21.6. The van der Waals surface area contributed by atoms with E-state index in [-0.39, 0.29) is 0 Å². The molecule has 0 bridgehead atoms. The third-order valence-corrected chi connectivity index (χ3v) is 4.09. The summed E-state index contributed by atoms with van der Waals surface area (Å²) >= 11 is 0. The number of hydrogen-bond acceptors (Lipinski definition) is 4. The molecule has 6 heteroatoms. The Hall–Kier alpha value is -2.73. The van der Waals surface area contributed by atoms with E-state index in [0.717, 1.165) is 37.4 Å². The molecule has 0 fully saturated rings. The molecule has 0 aliphatic carbocycles. The first-order valence-electron chi connectivity index (χ1n) is 9.67. The van der Waals surface area contributed by atoms with Gasteiger partial charge in [-0.3, -0.25) is 4.99 Å². The standard InChI is InChI=1S/C22H31N3O3/c1-4-28-20-12-11-19(17-21(20)26-3)25-22(23-2)24-14-8-15-27-16-13-18-9-6-5-7-10-18/h5-7,9-12,17H,4,8,13-16H2,1-3H3,(H2,23,24,25). The van der Waals surface area contributed by atoms with E-state index in [1.54, 1.807) is 14.2 Å². The van der Waals surface area contributed by atoms with Crippen LogP contribution in [0.1, 0.15) is 18.9 Å². The van der Waals surface area contributed by atoms with Crippen molar-refractivity contribution >= 4 is 11.6 Å². The third-order valence-electron chi connectivity index (χ3n) is 4.09. The van der Waals surface area contributed by atoms with Crippen molar-refractivity contribution in [1.29, 1.82) is 0 Å². The highest BCUT2D eigenvalue weighted by Crippen LogP contribution is 2.30. The number of ether oxygens (including phenoxy) is 3. The van der Waals surface area contributed by atoms with Gasteiger partial charge in [-0.1, -0.05) is 30.3 Å². The van der Waals surface area contributed by atoms with Gasteiger partial charge in [-0.05, 0) is 37.5 Å². The topological polar surface area (TPSA) is 64.1 Å². The number of guanidine groups is 1. The van der Waals surface area contributed by atoms with Crippen LogP contribution in [-0.4, -0.2) is 46.5 Å². The Bertz CT molecular complexity index is 720. The summed E-state index contributed by atoms with van der Waals surface area (Å²) in [4.78, 5) is 4.25. The lowest BCUT2D eigenvalue weighted by atomic mass is 10.2. The predicted octanol–water partition coefficient (Wildman–Crippen LogP) is 3.73. The quantitative estimate of drug-likeness (QED) is 0.351. The van der Waals surface area contributed by atoms with Gasteiger partial charge in [0.2, 0.25) is 0 Å². The molecule has 0 amide bonds. The molecule has 0 heterocycles. The Morgan fingerprint density at radius 3 is 2.57 bits per heavy atom. The van der Waals surface area contributed by atoms with Crippen molar-refractivity contribution in [3.63, 3.8) is 0 Å². The van der Waals surface area contributed by atoms with E-state index in [4.69, 9.17) is 14.2 Å². The van der Waals surface area contributed by atoms with Gasteiger partial charge < -0.3 is 24.8 Å². The van der Waals surface area contributed by atoms with Gasteiger partial charge in [0.25, 0.3) is 0 Å². The summed E-state index contributed by atoms with van der Waals surface area (Å²) in [5, 5.41) is 6.55. The van der Waals surface area contributed by atoms with Crippen LogP contribution < -0.4 is 20.1 Å². The van der Waals surface area contributed by atoms with Crippen molar-refractivity contribution in [3.8, 4) is 11.5 Å². The summed E-state index contributed by atoms with van der Waals surface area (Å²) in [5.74, 6) is 2.12. The Morgan fingerprint density at radius 2 is 1.86 bits per heavy atom. The molecule has 2 N–H and O–H groups in total. The maximum absolute atomic E-state index is 5.71. The smallest absolute Gasteiger partial charge is 0.195 e. The number of aliphatic imine (C=N–C) groups is 1. The van der Waals surface area contributed by atoms with Crippen LogP contribution in [0.2, 0.25) is 0 Å². The first-order chi connectivity index (χ1) is 13.8. The van der Waals surface area contributed by atoms with Crippen molar-refractivity contribution in [1.82, 2.24) is 5.32 Å². The SMILES string of the molecule is CCOc1ccc(NC(=NC)NCCCOCCc2ccccc2)cc1OC. The van der Waals surface area contributed by atoms with Crippen LogP contribution >= 0.6 is 0 Å². The Labute approximate surface area is 167 Å². The minimum Gasteiger partial charge on any atom is -0.493 e. The minimum absolute atomic E-state index is 0.597. The molecule has 0 spiro atoms. The van der Waals surface area contributed by atoms with E-state index < -0.39 is 0 Å². The fourth-order valence-corrected chi connectivity index (χ4v) is 2.65. The predicted molar refractivity (Wildman–Crippen MR) is 115 cm³/mol. The van der Waals surface area contributed by atoms with Crippen LogP contribution in [0.25, 0.3) is 0 Å². The molecule has 2 aromatic carbocycles. The zero-order chi connectivity index (χ0) is 20.0. The molecule has 152 valence electrons. The van der Waals surface area contributed by atoms with E-state index in [1.165, 1.54) is 5.56 Å². The molecule has 2 rings (SSSR count). The number of anilines is 1. The zero-order valence-corrected chi connectivity index (χ0v) is 17.0. The van der Waals surface area contributed by atoms with Gasteiger partial charge in [-0.2, -0.15) is 0 Å². The van der Waals surface area contributed by atoms with E-state index in [1.807, 2.05) is 31.2 Å². The molecule has 0 atom stereocenters. The van der Waals surface area contributed by atoms with Crippen LogP contribution in [0.5, 0.6) is 11.5 Å². The third kappa shape index (κ3) is 7.48. The normalized spacial score (nSPS) is 11.2. The highest BCUT2D eigenvalue weighted by molar-refractivity contribution is 5.93. The maximum Gasteiger partial charge on any atom is 0.195 e. The Kier molecular flexibility index (Phi) is 9.72. The largest absolute Gasteiger partial charge is 0.493 e. The van der Waals surface area contributed by atoms with Gasteiger partial charge in [0.05, 0.1) is 20.3 Å². The van der Waals surface area contributed by atoms with E-state index in [0.29, 0.717) is 24.9 Å². The van der Waals surface area contributed by atoms with Crippen LogP contribution in [0.3, 0.4) is 0 Å². The molecule has 0 saturated carbocycles. The van der Waals surface area contributed by atoms with Crippen molar-refractivity contribution in [2.75, 3.05) is 45.8 Å². The van der Waals surface area contributed by atoms with Crippen LogP contribution in [-0.2, 0) is 11.2 Å². The molecule has 0 aromatic heterocycles. The number of nitrogens with zero attached hydrogens (tertiary/aromatic N) is 1. The Morgan fingerprint density at radius 1 is 1.04 bits per heavy atom. The number of benzene rings is 2. The summed E-state index contributed by atoms with van der Waals surface area (Å²) in [6.45, 7) is 4.78. The van der Waals surface area contributed by atoms with Gasteiger partial charge in [-0.15, -0.1) is 0 Å². The molecule has 0 aliphatic heterocycles. The first-order valence-corrected chi connectivity index (χ1v) is 9.67. The highest BCUT2D eigenvalue weighted by atomic mass is 16.5. The van der Waals surface area contributed by atoms with Crippen molar-refractivity contribution < 1.29 is 14.2 Å². The second kappa shape index (κ2) is 12.6. The molecule has 28 heavy (non-hydrogen) atoms. The van der Waals surface area contributed by atoms with Gasteiger partial charge in [0.1, 0.15) is 0 Å². The Balaban J connectivity index is 1.67. The van der Waals surface area contributed by atoms with Crippen molar-refractivity contribution in [3.05, 3.63) is 54.1 Å². The van der Waals surface area contributed by atoms with Crippen LogP contribution in [0, 0.1) is 0 Å². The summed E-state index contributed by atoms with van der Waals surface area (Å²) in [5.41, 5.74) is 2.18. The molecule has 6 nitrogen and oxygen atoms in total. The van der Waals surface area contributed by atoms with Crippen molar-refractivity contribution in [2.24, 2.45) is 4.99 Å². The monoisotopic (exact) mass is 385 g/mol. The summed E-state index contributed by atoms with van der Waals surface area (Å²) in [7, 11) is 3.38. The second-order valence-corrected chi connectivity index (χ2v) is 6.12. The number of rotatable bonds is 11. The fourth-order valence-electron chi connectivity index (χ4n) is 2.65. The lowest BCUT2D eigenvalue weighted by molar-refractivity contribution is 0.135. The lowest BCUT2D eigenvalue weighted by Gasteiger charge is -2.14. The number of methoxy groups -OCH3 is 1. The molecule has 0 radical (unpaired) electrons. The number of nitrogens with one attached hydrogen (secondary N) is 2. The average molecular weight is 386 g/mol. The molecule has 0 unspecified atom stereocenters. The van der Waals surface area contributed by atoms with Crippen molar-refractivity contribution in [2.45, 2.75) is 19.8 Å². The van der Waals surface area contributed by atoms with E-state index in [2.05, 4.69) is 39.9 Å². The lowest BCUT2D eigenvalue weighted by Crippen LogP contribution is -2.32. The van der Waals surface area contributed by atoms with E-state index >= 15 is 0 Å². The van der Waals surface area contributed by atoms with Crippen LogP contribution in [0.4, 0.5) is 5.69 Å². The average Bonchev–Trinajstić information content (AvgIpc) is 2.74. The molecule has 2 aromatic rings. The van der Waals surface area contributed by atoms with Gasteiger partial charge in [0.15, 0.2) is 17.5 Å². The summed E-state index contributed by atoms with van der Waals surface area (Å²) in [6.07, 6.45) is 1.85. The molecule has 0 aliphatic rings. The molecular weight excluding hydrogens is 354 g/mol. The highest BCUT2D eigenvalue weighted by Gasteiger charge is 2.06. The number of hydrogen-bond donors (Lipinski definition) is 2. The summed E-state index contributed by atoms with van der Waals surface area (Å²) < 4.78 is 16.6. The van der Waals surface area contributed by atoms with Gasteiger partial charge >= 0.3 is 0 Å².